The predicted molar refractivity (Wildman–Crippen MR) is 135 cm³/mol. The van der Waals surface area contributed by atoms with Crippen LogP contribution in [0.5, 0.6) is 0 Å². The zero-order chi connectivity index (χ0) is 31.2. The lowest BCUT2D eigenvalue weighted by molar-refractivity contribution is -0.348. The molecule has 4 rings (SSSR count). The number of pyridine rings is 1. The summed E-state index contributed by atoms with van der Waals surface area (Å²) in [4.78, 5) is 3.38. The molecule has 0 saturated heterocycles. The minimum atomic E-state index is -6.36. The van der Waals surface area contributed by atoms with E-state index in [9.17, 15) is 52.0 Å². The van der Waals surface area contributed by atoms with Crippen molar-refractivity contribution in [3.63, 3.8) is 0 Å². The third-order valence-corrected chi connectivity index (χ3v) is 12.0. The normalized spacial score (nSPS) is 20.8. The highest BCUT2D eigenvalue weighted by Crippen LogP contribution is 2.54. The van der Waals surface area contributed by atoms with E-state index in [-0.39, 0.29) is 58.9 Å². The summed E-state index contributed by atoms with van der Waals surface area (Å²) in [6.07, 6.45) is -10.7. The zero-order valence-electron chi connectivity index (χ0n) is 21.5. The van der Waals surface area contributed by atoms with Crippen LogP contribution in [-0.2, 0) is 30.1 Å². The molecule has 3 aromatic rings. The molecule has 1 saturated carbocycles. The summed E-state index contributed by atoms with van der Waals surface area (Å²) in [6, 6.07) is 8.38. The minimum absolute atomic E-state index is 0.000179. The molecule has 0 bridgehead atoms. The van der Waals surface area contributed by atoms with Gasteiger partial charge in [0.1, 0.15) is 10.6 Å². The SMILES string of the molecule is O=S(=O)(CC1CCC(c2ccc(C(F)(C(F)(F)F)C(F)(F)F)cc2)(S(=O)(=O)c2ccc(F)cc2)CC1)c1cccnc1. The second-order valence-electron chi connectivity index (χ2n) is 10.1. The largest absolute Gasteiger partial charge is 0.435 e. The molecule has 2 aromatic carbocycles. The van der Waals surface area contributed by atoms with Crippen LogP contribution >= 0.6 is 0 Å². The lowest BCUT2D eigenvalue weighted by Crippen LogP contribution is -2.50. The van der Waals surface area contributed by atoms with Crippen molar-refractivity contribution in [2.24, 2.45) is 5.92 Å². The number of aromatic nitrogens is 1. The lowest BCUT2D eigenvalue weighted by Gasteiger charge is -2.40. The summed E-state index contributed by atoms with van der Waals surface area (Å²) < 4.78 is 160. The maximum Gasteiger partial charge on any atom is 0.435 e. The maximum absolute atomic E-state index is 14.6. The van der Waals surface area contributed by atoms with Gasteiger partial charge in [-0.3, -0.25) is 4.98 Å². The Kier molecular flexibility index (Phi) is 8.26. The van der Waals surface area contributed by atoms with E-state index in [1.54, 1.807) is 0 Å². The Morgan fingerprint density at radius 3 is 1.79 bits per heavy atom. The molecule has 0 radical (unpaired) electrons. The number of alkyl halides is 7. The van der Waals surface area contributed by atoms with E-state index >= 15 is 0 Å². The van der Waals surface area contributed by atoms with Crippen molar-refractivity contribution >= 4 is 19.7 Å². The van der Waals surface area contributed by atoms with Crippen LogP contribution < -0.4 is 0 Å². The van der Waals surface area contributed by atoms with Crippen LogP contribution in [0.4, 0.5) is 35.1 Å². The number of benzene rings is 2. The highest BCUT2D eigenvalue weighted by Gasteiger charge is 2.73. The molecule has 0 amide bonds. The number of nitrogens with zero attached hydrogens (tertiary/aromatic N) is 1. The zero-order valence-corrected chi connectivity index (χ0v) is 23.1. The molecular formula is C27H23F8NO4S2. The van der Waals surface area contributed by atoms with Gasteiger partial charge in [-0.1, -0.05) is 24.3 Å². The molecule has 0 aliphatic heterocycles. The fourth-order valence-corrected chi connectivity index (χ4v) is 9.11. The third kappa shape index (κ3) is 5.52. The maximum atomic E-state index is 14.6. The van der Waals surface area contributed by atoms with Gasteiger partial charge < -0.3 is 0 Å². The number of halogens is 8. The Morgan fingerprint density at radius 2 is 1.31 bits per heavy atom. The minimum Gasteiger partial charge on any atom is -0.263 e. The average Bonchev–Trinajstić information content (AvgIpc) is 2.92. The van der Waals surface area contributed by atoms with Crippen molar-refractivity contribution in [3.8, 4) is 0 Å². The highest BCUT2D eigenvalue weighted by molar-refractivity contribution is 7.92. The fourth-order valence-electron chi connectivity index (χ4n) is 5.29. The summed E-state index contributed by atoms with van der Waals surface area (Å²) in [7, 11) is -8.29. The van der Waals surface area contributed by atoms with Gasteiger partial charge in [0.25, 0.3) is 0 Å². The second-order valence-corrected chi connectivity index (χ2v) is 14.4. The molecule has 228 valence electrons. The second kappa shape index (κ2) is 10.9. The van der Waals surface area contributed by atoms with Crippen LogP contribution in [0.15, 0.2) is 82.8 Å². The first kappa shape index (κ1) is 31.9. The van der Waals surface area contributed by atoms with Crippen molar-refractivity contribution in [1.29, 1.82) is 0 Å². The summed E-state index contributed by atoms with van der Waals surface area (Å²) in [5.41, 5.74) is -7.70. The molecule has 5 nitrogen and oxygen atoms in total. The van der Waals surface area contributed by atoms with Gasteiger partial charge in [-0.15, -0.1) is 0 Å². The molecule has 1 aliphatic carbocycles. The van der Waals surface area contributed by atoms with Crippen LogP contribution in [0.25, 0.3) is 0 Å². The predicted octanol–water partition coefficient (Wildman–Crippen LogP) is 6.84. The summed E-state index contributed by atoms with van der Waals surface area (Å²) in [5, 5.41) is 0. The smallest absolute Gasteiger partial charge is 0.263 e. The van der Waals surface area contributed by atoms with Gasteiger partial charge in [-0.25, -0.2) is 25.6 Å². The Labute approximate surface area is 236 Å². The van der Waals surface area contributed by atoms with Crippen molar-refractivity contribution in [2.75, 3.05) is 5.75 Å². The van der Waals surface area contributed by atoms with Crippen molar-refractivity contribution in [1.82, 2.24) is 4.98 Å². The summed E-state index contributed by atoms with van der Waals surface area (Å²) >= 11 is 0. The van der Waals surface area contributed by atoms with Gasteiger partial charge in [0.05, 0.1) is 15.5 Å². The van der Waals surface area contributed by atoms with Crippen LogP contribution in [0.3, 0.4) is 0 Å². The number of rotatable bonds is 7. The standard InChI is InChI=1S/C27H23F8NO4S2/c28-21-7-9-22(10-8-21)42(39,40)24(13-11-18(12-14-24)17-41(37,38)23-2-1-15-36-16-23)19-3-5-20(6-4-19)25(29,26(30,31)32)27(33,34)35/h1-10,15-16,18H,11-14,17H2. The molecule has 0 spiro atoms. The number of hydrogen-bond acceptors (Lipinski definition) is 5. The molecule has 1 fully saturated rings. The van der Waals surface area contributed by atoms with E-state index in [1.165, 1.54) is 18.3 Å². The molecule has 1 heterocycles. The highest BCUT2D eigenvalue weighted by atomic mass is 32.2. The van der Waals surface area contributed by atoms with Gasteiger partial charge in [0.15, 0.2) is 19.7 Å². The quantitative estimate of drug-likeness (QED) is 0.209. The molecule has 1 aromatic heterocycles. The van der Waals surface area contributed by atoms with E-state index < -0.39 is 59.7 Å². The first-order valence-corrected chi connectivity index (χ1v) is 15.6. The van der Waals surface area contributed by atoms with Crippen molar-refractivity contribution in [3.05, 3.63) is 90.0 Å². The lowest BCUT2D eigenvalue weighted by atomic mass is 9.78. The molecule has 1 aliphatic rings. The van der Waals surface area contributed by atoms with E-state index in [0.29, 0.717) is 12.1 Å². The van der Waals surface area contributed by atoms with E-state index in [2.05, 4.69) is 4.98 Å². The first-order valence-electron chi connectivity index (χ1n) is 12.4. The monoisotopic (exact) mass is 641 g/mol. The van der Waals surface area contributed by atoms with Crippen molar-refractivity contribution in [2.45, 2.75) is 58.2 Å². The Morgan fingerprint density at radius 1 is 0.762 bits per heavy atom. The van der Waals surface area contributed by atoms with Gasteiger partial charge in [-0.05, 0) is 73.6 Å². The number of hydrogen-bond donors (Lipinski definition) is 0. The number of sulfone groups is 2. The van der Waals surface area contributed by atoms with E-state index in [4.69, 9.17) is 0 Å². The molecule has 42 heavy (non-hydrogen) atoms. The fraction of sp³-hybridized carbons (Fsp3) is 0.370. The van der Waals surface area contributed by atoms with E-state index in [0.717, 1.165) is 30.5 Å². The summed E-state index contributed by atoms with van der Waals surface area (Å²) in [5.74, 6) is -1.65. The Hall–Kier alpha value is -3.07. The molecule has 0 unspecified atom stereocenters. The Bertz CT molecular complexity index is 1600. The van der Waals surface area contributed by atoms with Crippen LogP contribution in [-0.4, -0.2) is 39.9 Å². The average molecular weight is 642 g/mol. The molecular weight excluding hydrogens is 618 g/mol. The first-order chi connectivity index (χ1) is 19.3. The molecule has 15 heteroatoms. The van der Waals surface area contributed by atoms with Crippen LogP contribution in [0, 0.1) is 11.7 Å². The van der Waals surface area contributed by atoms with Crippen LogP contribution in [0.1, 0.15) is 36.8 Å². The van der Waals surface area contributed by atoms with E-state index in [1.807, 2.05) is 0 Å². The Balaban J connectivity index is 1.75. The molecule has 0 N–H and O–H groups in total. The van der Waals surface area contributed by atoms with Gasteiger partial charge in [0.2, 0.25) is 0 Å². The third-order valence-electron chi connectivity index (χ3n) is 7.59. The summed E-state index contributed by atoms with van der Waals surface area (Å²) in [6.45, 7) is 0. The molecule has 0 atom stereocenters. The van der Waals surface area contributed by atoms with Gasteiger partial charge in [0, 0.05) is 18.0 Å². The van der Waals surface area contributed by atoms with Crippen molar-refractivity contribution < 1.29 is 52.0 Å². The topological polar surface area (TPSA) is 81.2 Å². The van der Waals surface area contributed by atoms with Gasteiger partial charge >= 0.3 is 18.0 Å². The van der Waals surface area contributed by atoms with Crippen LogP contribution in [0.2, 0.25) is 0 Å². The van der Waals surface area contributed by atoms with Gasteiger partial charge in [-0.2, -0.15) is 26.3 Å².